The number of hydrogen-bond acceptors (Lipinski definition) is 3. The van der Waals surface area contributed by atoms with Crippen molar-refractivity contribution in [3.05, 3.63) is 77.1 Å². The second-order valence-corrected chi connectivity index (χ2v) is 6.02. The number of halogens is 6. The zero-order chi connectivity index (χ0) is 20.9. The summed E-state index contributed by atoms with van der Waals surface area (Å²) in [6.07, 6.45) is -5.41. The van der Waals surface area contributed by atoms with Gasteiger partial charge in [-0.2, -0.15) is 18.4 Å². The standard InChI is InChI=1S/C20H8F6N2O/c21-16-10(9-27)17(22)18(23)19(15(16)20(24,25)26)28-11-5-1-3-7-13(11)29-14-8-4-2-6-12(14)28/h1-8H. The number of anilines is 3. The van der Waals surface area contributed by atoms with Crippen LogP contribution in [-0.2, 0) is 6.18 Å². The van der Waals surface area contributed by atoms with Crippen molar-refractivity contribution < 1.29 is 31.1 Å². The summed E-state index contributed by atoms with van der Waals surface area (Å²) < 4.78 is 90.7. The topological polar surface area (TPSA) is 36.3 Å². The van der Waals surface area contributed by atoms with Crippen molar-refractivity contribution in [1.29, 1.82) is 5.26 Å². The summed E-state index contributed by atoms with van der Waals surface area (Å²) in [6.45, 7) is 0. The Hall–Kier alpha value is -3.67. The molecular weight excluding hydrogens is 398 g/mol. The first kappa shape index (κ1) is 18.7. The first-order chi connectivity index (χ1) is 13.8. The molecule has 0 fully saturated rings. The summed E-state index contributed by atoms with van der Waals surface area (Å²) >= 11 is 0. The van der Waals surface area contributed by atoms with Crippen LogP contribution in [0.4, 0.5) is 43.4 Å². The largest absolute Gasteiger partial charge is 0.453 e. The van der Waals surface area contributed by atoms with Crippen LogP contribution in [-0.4, -0.2) is 0 Å². The maximum atomic E-state index is 14.9. The van der Waals surface area contributed by atoms with Gasteiger partial charge in [-0.3, -0.25) is 4.90 Å². The Labute approximate surface area is 160 Å². The van der Waals surface area contributed by atoms with Crippen LogP contribution in [0, 0.1) is 28.8 Å². The third-order valence-corrected chi connectivity index (χ3v) is 4.35. The van der Waals surface area contributed by atoms with E-state index >= 15 is 0 Å². The number of alkyl halides is 3. The van der Waals surface area contributed by atoms with Gasteiger partial charge in [-0.25, -0.2) is 13.2 Å². The van der Waals surface area contributed by atoms with Gasteiger partial charge in [0.05, 0.1) is 11.4 Å². The van der Waals surface area contributed by atoms with Gasteiger partial charge in [0.15, 0.2) is 29.0 Å². The Bertz CT molecular complexity index is 1140. The van der Waals surface area contributed by atoms with E-state index in [-0.39, 0.29) is 22.9 Å². The van der Waals surface area contributed by atoms with Crippen molar-refractivity contribution in [2.24, 2.45) is 0 Å². The van der Waals surface area contributed by atoms with Gasteiger partial charge in [0.1, 0.15) is 22.9 Å². The Kier molecular flexibility index (Phi) is 4.15. The van der Waals surface area contributed by atoms with Gasteiger partial charge in [0, 0.05) is 0 Å². The average Bonchev–Trinajstić information content (AvgIpc) is 2.68. The molecule has 29 heavy (non-hydrogen) atoms. The lowest BCUT2D eigenvalue weighted by Gasteiger charge is -2.34. The molecule has 0 N–H and O–H groups in total. The molecule has 0 atom stereocenters. The molecule has 0 spiro atoms. The van der Waals surface area contributed by atoms with Gasteiger partial charge in [0.2, 0.25) is 0 Å². The first-order valence-electron chi connectivity index (χ1n) is 8.09. The summed E-state index contributed by atoms with van der Waals surface area (Å²) in [5.74, 6) is -6.07. The highest BCUT2D eigenvalue weighted by Gasteiger charge is 2.45. The van der Waals surface area contributed by atoms with Crippen molar-refractivity contribution >= 4 is 17.1 Å². The third kappa shape index (κ3) is 2.76. The number of nitriles is 1. The van der Waals surface area contributed by atoms with Crippen LogP contribution in [0.1, 0.15) is 11.1 Å². The van der Waals surface area contributed by atoms with Crippen molar-refractivity contribution in [2.45, 2.75) is 6.18 Å². The van der Waals surface area contributed by atoms with Gasteiger partial charge in [-0.1, -0.05) is 24.3 Å². The Balaban J connectivity index is 2.16. The van der Waals surface area contributed by atoms with Crippen molar-refractivity contribution in [1.82, 2.24) is 0 Å². The van der Waals surface area contributed by atoms with Gasteiger partial charge in [-0.15, -0.1) is 0 Å². The van der Waals surface area contributed by atoms with Crippen LogP contribution in [0.25, 0.3) is 0 Å². The molecule has 0 aliphatic carbocycles. The van der Waals surface area contributed by atoms with E-state index in [0.717, 1.165) is 11.0 Å². The summed E-state index contributed by atoms with van der Waals surface area (Å²) in [6, 6.07) is 12.4. The van der Waals surface area contributed by atoms with E-state index in [1.165, 1.54) is 48.5 Å². The average molecular weight is 406 g/mol. The fourth-order valence-corrected chi connectivity index (χ4v) is 3.16. The molecule has 0 radical (unpaired) electrons. The maximum absolute atomic E-state index is 14.9. The van der Waals surface area contributed by atoms with E-state index in [0.29, 0.717) is 0 Å². The molecule has 0 bridgehead atoms. The number of benzene rings is 3. The van der Waals surface area contributed by atoms with E-state index in [1.54, 1.807) is 0 Å². The van der Waals surface area contributed by atoms with E-state index in [9.17, 15) is 26.3 Å². The number of rotatable bonds is 1. The summed E-state index contributed by atoms with van der Waals surface area (Å²) in [4.78, 5) is 0.736. The van der Waals surface area contributed by atoms with Crippen LogP contribution in [0.15, 0.2) is 48.5 Å². The second-order valence-electron chi connectivity index (χ2n) is 6.02. The summed E-state index contributed by atoms with van der Waals surface area (Å²) in [5, 5.41) is 8.83. The van der Waals surface area contributed by atoms with Gasteiger partial charge >= 0.3 is 6.18 Å². The van der Waals surface area contributed by atoms with E-state index in [4.69, 9.17) is 10.00 Å². The van der Waals surface area contributed by atoms with Crippen molar-refractivity contribution in [3.8, 4) is 17.6 Å². The lowest BCUT2D eigenvalue weighted by molar-refractivity contribution is -0.139. The highest BCUT2D eigenvalue weighted by atomic mass is 19.4. The van der Waals surface area contributed by atoms with Crippen LogP contribution < -0.4 is 9.64 Å². The molecule has 0 saturated carbocycles. The molecule has 4 rings (SSSR count). The smallest absolute Gasteiger partial charge is 0.421 e. The highest BCUT2D eigenvalue weighted by Crippen LogP contribution is 2.54. The summed E-state index contributed by atoms with van der Waals surface area (Å²) in [5.41, 5.74) is -5.24. The first-order valence-corrected chi connectivity index (χ1v) is 8.09. The lowest BCUT2D eigenvalue weighted by atomic mass is 10.0. The molecule has 1 aliphatic rings. The van der Waals surface area contributed by atoms with E-state index in [1.807, 2.05) is 0 Å². The van der Waals surface area contributed by atoms with Crippen LogP contribution in [0.3, 0.4) is 0 Å². The SMILES string of the molecule is N#Cc1c(F)c(F)c(N2c3ccccc3Oc3ccccc32)c(C(F)(F)F)c1F. The number of hydrogen-bond donors (Lipinski definition) is 0. The zero-order valence-electron chi connectivity index (χ0n) is 14.2. The predicted molar refractivity (Wildman–Crippen MR) is 90.8 cm³/mol. The molecule has 3 aromatic rings. The van der Waals surface area contributed by atoms with Gasteiger partial charge < -0.3 is 4.74 Å². The summed E-state index contributed by atoms with van der Waals surface area (Å²) in [7, 11) is 0. The number of fused-ring (bicyclic) bond motifs is 2. The number of para-hydroxylation sites is 4. The second kappa shape index (κ2) is 6.44. The lowest BCUT2D eigenvalue weighted by Crippen LogP contribution is -2.24. The zero-order valence-corrected chi connectivity index (χ0v) is 14.2. The molecule has 3 aromatic carbocycles. The molecule has 3 nitrogen and oxygen atoms in total. The quantitative estimate of drug-likeness (QED) is 0.265. The molecule has 0 unspecified atom stereocenters. The highest BCUT2D eigenvalue weighted by molar-refractivity contribution is 5.88. The minimum Gasteiger partial charge on any atom is -0.453 e. The fraction of sp³-hybridized carbons (Fsp3) is 0.0500. The molecule has 0 saturated heterocycles. The Morgan fingerprint density at radius 1 is 0.793 bits per heavy atom. The molecule has 0 amide bonds. The van der Waals surface area contributed by atoms with Crippen LogP contribution >= 0.6 is 0 Å². The number of ether oxygens (including phenoxy) is 1. The maximum Gasteiger partial charge on any atom is 0.421 e. The van der Waals surface area contributed by atoms with Crippen LogP contribution in [0.2, 0.25) is 0 Å². The molecule has 1 heterocycles. The van der Waals surface area contributed by atoms with Crippen LogP contribution in [0.5, 0.6) is 11.5 Å². The normalized spacial score (nSPS) is 12.7. The minimum absolute atomic E-state index is 0.0564. The Morgan fingerprint density at radius 3 is 1.79 bits per heavy atom. The van der Waals surface area contributed by atoms with Gasteiger partial charge in [0.25, 0.3) is 0 Å². The fourth-order valence-electron chi connectivity index (χ4n) is 3.16. The molecule has 146 valence electrons. The molecule has 1 aliphatic heterocycles. The monoisotopic (exact) mass is 406 g/mol. The third-order valence-electron chi connectivity index (χ3n) is 4.35. The number of nitrogens with zero attached hydrogens (tertiary/aromatic N) is 2. The van der Waals surface area contributed by atoms with Crippen molar-refractivity contribution in [3.63, 3.8) is 0 Å². The van der Waals surface area contributed by atoms with Gasteiger partial charge in [-0.05, 0) is 24.3 Å². The Morgan fingerprint density at radius 2 is 1.31 bits per heavy atom. The van der Waals surface area contributed by atoms with E-state index < -0.39 is 40.4 Å². The van der Waals surface area contributed by atoms with E-state index in [2.05, 4.69) is 0 Å². The minimum atomic E-state index is -5.41. The molecule has 9 heteroatoms. The molecular formula is C20H8F6N2O. The van der Waals surface area contributed by atoms with Crippen molar-refractivity contribution in [2.75, 3.05) is 4.90 Å². The predicted octanol–water partition coefficient (Wildman–Crippen LogP) is 6.57. The molecule has 0 aromatic heterocycles.